The lowest BCUT2D eigenvalue weighted by molar-refractivity contribution is 0.251. The van der Waals surface area contributed by atoms with Crippen LogP contribution in [0.2, 0.25) is 0 Å². The summed E-state index contributed by atoms with van der Waals surface area (Å²) in [5, 5.41) is 5.33. The van der Waals surface area contributed by atoms with E-state index in [1.165, 1.54) is 23.3 Å². The summed E-state index contributed by atoms with van der Waals surface area (Å²) in [5.74, 6) is 1.41. The summed E-state index contributed by atoms with van der Waals surface area (Å²) in [6.07, 6.45) is 3.47. The van der Waals surface area contributed by atoms with Crippen molar-refractivity contribution in [2.45, 2.75) is 25.3 Å². The molecule has 0 radical (unpaired) electrons. The van der Waals surface area contributed by atoms with Crippen molar-refractivity contribution in [3.8, 4) is 5.75 Å². The van der Waals surface area contributed by atoms with Gasteiger partial charge in [0.15, 0.2) is 5.96 Å². The average Bonchev–Trinajstić information content (AvgIpc) is 3.36. The van der Waals surface area contributed by atoms with Crippen LogP contribution >= 0.6 is 11.3 Å². The van der Waals surface area contributed by atoms with Gasteiger partial charge in [0.1, 0.15) is 5.75 Å². The molecule has 3 N–H and O–H groups in total. The molecular formula is C20H28N4OS. The third-order valence-corrected chi connectivity index (χ3v) is 5.69. The van der Waals surface area contributed by atoms with Crippen molar-refractivity contribution in [1.29, 1.82) is 0 Å². The van der Waals surface area contributed by atoms with Crippen LogP contribution in [0.5, 0.6) is 5.75 Å². The maximum atomic E-state index is 6.09. The summed E-state index contributed by atoms with van der Waals surface area (Å²) >= 11 is 1.77. The minimum Gasteiger partial charge on any atom is -0.497 e. The summed E-state index contributed by atoms with van der Waals surface area (Å²) in [5.41, 5.74) is 7.33. The van der Waals surface area contributed by atoms with E-state index in [0.29, 0.717) is 12.5 Å². The molecule has 5 nitrogen and oxygen atoms in total. The molecule has 1 aliphatic heterocycles. The van der Waals surface area contributed by atoms with Crippen molar-refractivity contribution in [2.24, 2.45) is 10.7 Å². The second-order valence-electron chi connectivity index (χ2n) is 6.52. The zero-order chi connectivity index (χ0) is 18.2. The van der Waals surface area contributed by atoms with Gasteiger partial charge in [0.25, 0.3) is 0 Å². The summed E-state index contributed by atoms with van der Waals surface area (Å²) in [4.78, 5) is 8.48. The Morgan fingerprint density at radius 1 is 1.31 bits per heavy atom. The number of ether oxygens (including phenoxy) is 1. The van der Waals surface area contributed by atoms with Crippen molar-refractivity contribution in [3.63, 3.8) is 0 Å². The zero-order valence-electron chi connectivity index (χ0n) is 15.4. The Kier molecular flexibility index (Phi) is 6.91. The molecule has 1 aromatic heterocycles. The van der Waals surface area contributed by atoms with Gasteiger partial charge in [-0.3, -0.25) is 9.89 Å². The monoisotopic (exact) mass is 372 g/mol. The maximum Gasteiger partial charge on any atom is 0.188 e. The predicted octanol–water partition coefficient (Wildman–Crippen LogP) is 3.04. The van der Waals surface area contributed by atoms with Gasteiger partial charge in [0.2, 0.25) is 0 Å². The number of hydrogen-bond acceptors (Lipinski definition) is 4. The molecule has 1 aromatic carbocycles. The molecule has 3 rings (SSSR count). The Labute approximate surface area is 159 Å². The molecule has 26 heavy (non-hydrogen) atoms. The first-order valence-corrected chi connectivity index (χ1v) is 10.1. The topological polar surface area (TPSA) is 62.9 Å². The van der Waals surface area contributed by atoms with Gasteiger partial charge in [-0.25, -0.2) is 0 Å². The lowest BCUT2D eigenvalue weighted by atomic mass is 10.1. The van der Waals surface area contributed by atoms with Crippen LogP contribution in [0, 0.1) is 0 Å². The third kappa shape index (κ3) is 5.22. The number of nitrogens with one attached hydrogen (secondary N) is 1. The first-order chi connectivity index (χ1) is 12.8. The Hall–Kier alpha value is -2.05. The minimum absolute atomic E-state index is 0.241. The van der Waals surface area contributed by atoms with Gasteiger partial charge in [-0.2, -0.15) is 0 Å². The van der Waals surface area contributed by atoms with Crippen molar-refractivity contribution in [1.82, 2.24) is 10.2 Å². The molecule has 6 heteroatoms. The highest BCUT2D eigenvalue weighted by Crippen LogP contribution is 2.27. The molecule has 0 spiro atoms. The van der Waals surface area contributed by atoms with Crippen molar-refractivity contribution in [2.75, 3.05) is 33.3 Å². The molecule has 1 aliphatic rings. The van der Waals surface area contributed by atoms with E-state index >= 15 is 0 Å². The zero-order valence-corrected chi connectivity index (χ0v) is 16.2. The Bertz CT molecular complexity index is 696. The number of likely N-dealkylation sites (tertiary alicyclic amines) is 1. The molecule has 0 amide bonds. The normalized spacial score (nSPS) is 16.6. The molecule has 140 valence electrons. The Balaban J connectivity index is 1.61. The van der Waals surface area contributed by atoms with E-state index in [2.05, 4.69) is 44.9 Å². The molecular weight excluding hydrogens is 344 g/mol. The van der Waals surface area contributed by atoms with Gasteiger partial charge in [-0.15, -0.1) is 11.3 Å². The van der Waals surface area contributed by atoms with Gasteiger partial charge >= 0.3 is 0 Å². The lowest BCUT2D eigenvalue weighted by Gasteiger charge is -2.27. The summed E-state index contributed by atoms with van der Waals surface area (Å²) in [7, 11) is 1.71. The SMILES string of the molecule is COc1cccc(C(CN=C(N)NCCc2cccs2)N2CCCC2)c1. The van der Waals surface area contributed by atoms with E-state index in [1.54, 1.807) is 18.4 Å². The van der Waals surface area contributed by atoms with Crippen molar-refractivity contribution in [3.05, 3.63) is 52.2 Å². The van der Waals surface area contributed by atoms with E-state index in [1.807, 2.05) is 12.1 Å². The van der Waals surface area contributed by atoms with E-state index in [0.717, 1.165) is 31.8 Å². The van der Waals surface area contributed by atoms with Crippen LogP contribution in [0.4, 0.5) is 0 Å². The van der Waals surface area contributed by atoms with Crippen LogP contribution in [-0.4, -0.2) is 44.1 Å². The first kappa shape index (κ1) is 18.7. The molecule has 1 atom stereocenters. The average molecular weight is 373 g/mol. The fourth-order valence-electron chi connectivity index (χ4n) is 3.34. The fourth-order valence-corrected chi connectivity index (χ4v) is 4.05. The summed E-state index contributed by atoms with van der Waals surface area (Å²) in [6, 6.07) is 12.8. The maximum absolute atomic E-state index is 6.09. The van der Waals surface area contributed by atoms with Gasteiger partial charge in [0, 0.05) is 11.4 Å². The van der Waals surface area contributed by atoms with Crippen molar-refractivity contribution < 1.29 is 4.74 Å². The molecule has 2 aromatic rings. The molecule has 0 bridgehead atoms. The number of guanidine groups is 1. The molecule has 2 heterocycles. The second-order valence-corrected chi connectivity index (χ2v) is 7.55. The fraction of sp³-hybridized carbons (Fsp3) is 0.450. The smallest absolute Gasteiger partial charge is 0.188 e. The number of nitrogens with zero attached hydrogens (tertiary/aromatic N) is 2. The first-order valence-electron chi connectivity index (χ1n) is 9.20. The van der Waals surface area contributed by atoms with Crippen LogP contribution in [0.15, 0.2) is 46.8 Å². The number of thiophene rings is 1. The van der Waals surface area contributed by atoms with Gasteiger partial charge < -0.3 is 15.8 Å². The molecule has 0 saturated carbocycles. The van der Waals surface area contributed by atoms with Crippen LogP contribution in [-0.2, 0) is 6.42 Å². The molecule has 1 fully saturated rings. The number of benzene rings is 1. The van der Waals surface area contributed by atoms with E-state index in [4.69, 9.17) is 10.5 Å². The second kappa shape index (κ2) is 9.59. The quantitative estimate of drug-likeness (QED) is 0.552. The lowest BCUT2D eigenvalue weighted by Crippen LogP contribution is -2.35. The third-order valence-electron chi connectivity index (χ3n) is 4.75. The van der Waals surface area contributed by atoms with Crippen LogP contribution < -0.4 is 15.8 Å². The van der Waals surface area contributed by atoms with Crippen LogP contribution in [0.1, 0.15) is 29.3 Å². The molecule has 1 unspecified atom stereocenters. The number of hydrogen-bond donors (Lipinski definition) is 2. The predicted molar refractivity (Wildman–Crippen MR) is 109 cm³/mol. The summed E-state index contributed by atoms with van der Waals surface area (Å²) < 4.78 is 5.39. The highest BCUT2D eigenvalue weighted by Gasteiger charge is 2.23. The number of nitrogens with two attached hydrogens (primary N) is 1. The van der Waals surface area contributed by atoms with Crippen LogP contribution in [0.3, 0.4) is 0 Å². The van der Waals surface area contributed by atoms with E-state index in [-0.39, 0.29) is 6.04 Å². The van der Waals surface area contributed by atoms with Gasteiger partial charge in [-0.05, 0) is 61.5 Å². The number of methoxy groups -OCH3 is 1. The highest BCUT2D eigenvalue weighted by molar-refractivity contribution is 7.09. The van der Waals surface area contributed by atoms with E-state index < -0.39 is 0 Å². The summed E-state index contributed by atoms with van der Waals surface area (Å²) in [6.45, 7) is 3.70. The number of rotatable bonds is 8. The Morgan fingerprint density at radius 2 is 2.15 bits per heavy atom. The van der Waals surface area contributed by atoms with Crippen LogP contribution in [0.25, 0.3) is 0 Å². The standard InChI is InChI=1S/C20H28N4OS/c1-25-17-7-4-6-16(14-17)19(24-11-2-3-12-24)15-23-20(21)22-10-9-18-8-5-13-26-18/h4-8,13-14,19H,2-3,9-12,15H2,1H3,(H3,21,22,23). The molecule has 0 aliphatic carbocycles. The van der Waals surface area contributed by atoms with Gasteiger partial charge in [0.05, 0.1) is 19.7 Å². The number of aliphatic imine (C=N–C) groups is 1. The van der Waals surface area contributed by atoms with Gasteiger partial charge in [-0.1, -0.05) is 18.2 Å². The van der Waals surface area contributed by atoms with Crippen molar-refractivity contribution >= 4 is 17.3 Å². The molecule has 1 saturated heterocycles. The Morgan fingerprint density at radius 3 is 2.88 bits per heavy atom. The minimum atomic E-state index is 0.241. The largest absolute Gasteiger partial charge is 0.497 e. The highest BCUT2D eigenvalue weighted by atomic mass is 32.1. The van der Waals surface area contributed by atoms with E-state index in [9.17, 15) is 0 Å².